The number of anilines is 1. The van der Waals surface area contributed by atoms with Gasteiger partial charge in [-0.1, -0.05) is 0 Å². The highest BCUT2D eigenvalue weighted by Crippen LogP contribution is 2.07. The van der Waals surface area contributed by atoms with Crippen molar-refractivity contribution >= 4 is 17.6 Å². The Labute approximate surface area is 104 Å². The number of carbonyl (C=O) groups is 2. The minimum atomic E-state index is -0.495. The van der Waals surface area contributed by atoms with Crippen LogP contribution in [-0.4, -0.2) is 46.3 Å². The van der Waals surface area contributed by atoms with Crippen molar-refractivity contribution in [1.82, 2.24) is 14.7 Å². The van der Waals surface area contributed by atoms with Crippen molar-refractivity contribution in [3.05, 3.63) is 12.4 Å². The fraction of sp³-hybridized carbons (Fsp3) is 0.545. The SMILES string of the molecule is Nc1cnn(CC(=O)OCC(=O)N2CCCC2)c1. The Morgan fingerprint density at radius 2 is 2.11 bits per heavy atom. The van der Waals surface area contributed by atoms with Crippen molar-refractivity contribution in [1.29, 1.82) is 0 Å². The number of hydrogen-bond donors (Lipinski definition) is 1. The van der Waals surface area contributed by atoms with Gasteiger partial charge >= 0.3 is 5.97 Å². The summed E-state index contributed by atoms with van der Waals surface area (Å²) in [4.78, 5) is 24.8. The second-order valence-electron chi connectivity index (χ2n) is 4.22. The molecule has 0 spiro atoms. The second-order valence-corrected chi connectivity index (χ2v) is 4.22. The molecule has 1 saturated heterocycles. The molecule has 2 heterocycles. The number of esters is 1. The first-order chi connectivity index (χ1) is 8.65. The predicted octanol–water partition coefficient (Wildman–Crippen LogP) is -0.369. The molecule has 1 fully saturated rings. The first-order valence-corrected chi connectivity index (χ1v) is 5.86. The second kappa shape index (κ2) is 5.52. The summed E-state index contributed by atoms with van der Waals surface area (Å²) < 4.78 is 6.27. The van der Waals surface area contributed by atoms with Gasteiger partial charge in [-0.2, -0.15) is 5.10 Å². The molecule has 1 aromatic heterocycles. The van der Waals surface area contributed by atoms with E-state index in [9.17, 15) is 9.59 Å². The molecule has 1 aliphatic rings. The van der Waals surface area contributed by atoms with Crippen LogP contribution in [0, 0.1) is 0 Å². The summed E-state index contributed by atoms with van der Waals surface area (Å²) in [7, 11) is 0. The topological polar surface area (TPSA) is 90.5 Å². The molecule has 0 radical (unpaired) electrons. The summed E-state index contributed by atoms with van der Waals surface area (Å²) in [6.45, 7) is 1.28. The van der Waals surface area contributed by atoms with Crippen molar-refractivity contribution in [2.24, 2.45) is 0 Å². The fourth-order valence-corrected chi connectivity index (χ4v) is 1.84. The lowest BCUT2D eigenvalue weighted by Crippen LogP contribution is -2.32. The molecule has 0 unspecified atom stereocenters. The van der Waals surface area contributed by atoms with Crippen LogP contribution in [0.4, 0.5) is 5.69 Å². The van der Waals surface area contributed by atoms with Crippen molar-refractivity contribution in [2.75, 3.05) is 25.4 Å². The number of carbonyl (C=O) groups excluding carboxylic acids is 2. The van der Waals surface area contributed by atoms with Gasteiger partial charge in [0.1, 0.15) is 6.54 Å². The summed E-state index contributed by atoms with van der Waals surface area (Å²) in [5.41, 5.74) is 5.95. The molecule has 1 aliphatic heterocycles. The molecule has 0 aromatic carbocycles. The standard InChI is InChI=1S/C11H16N4O3/c12-9-5-13-15(6-9)7-11(17)18-8-10(16)14-3-1-2-4-14/h5-6H,1-4,7-8,12H2. The molecule has 98 valence electrons. The van der Waals surface area contributed by atoms with Gasteiger partial charge in [-0.05, 0) is 12.8 Å². The van der Waals surface area contributed by atoms with Gasteiger partial charge in [0.05, 0.1) is 11.9 Å². The average Bonchev–Trinajstić information content (AvgIpc) is 2.97. The van der Waals surface area contributed by atoms with Crippen LogP contribution in [0.25, 0.3) is 0 Å². The normalized spacial score (nSPS) is 14.8. The van der Waals surface area contributed by atoms with E-state index in [4.69, 9.17) is 10.5 Å². The monoisotopic (exact) mass is 252 g/mol. The van der Waals surface area contributed by atoms with Crippen molar-refractivity contribution < 1.29 is 14.3 Å². The van der Waals surface area contributed by atoms with E-state index in [1.807, 2.05) is 0 Å². The van der Waals surface area contributed by atoms with Crippen LogP contribution in [0.15, 0.2) is 12.4 Å². The van der Waals surface area contributed by atoms with E-state index >= 15 is 0 Å². The maximum atomic E-state index is 11.6. The van der Waals surface area contributed by atoms with E-state index < -0.39 is 5.97 Å². The Morgan fingerprint density at radius 1 is 1.39 bits per heavy atom. The fourth-order valence-electron chi connectivity index (χ4n) is 1.84. The number of likely N-dealkylation sites (tertiary alicyclic amines) is 1. The van der Waals surface area contributed by atoms with Gasteiger partial charge in [-0.3, -0.25) is 14.3 Å². The number of hydrogen-bond acceptors (Lipinski definition) is 5. The number of aromatic nitrogens is 2. The van der Waals surface area contributed by atoms with Crippen LogP contribution in [-0.2, 0) is 20.9 Å². The molecule has 18 heavy (non-hydrogen) atoms. The minimum absolute atomic E-state index is 0.0372. The first-order valence-electron chi connectivity index (χ1n) is 5.86. The Hall–Kier alpha value is -2.05. The molecule has 2 rings (SSSR count). The quantitative estimate of drug-likeness (QED) is 0.738. The maximum absolute atomic E-state index is 11.6. The van der Waals surface area contributed by atoms with Gasteiger partial charge in [0.15, 0.2) is 6.61 Å². The Bertz CT molecular complexity index is 437. The minimum Gasteiger partial charge on any atom is -0.454 e. The predicted molar refractivity (Wildman–Crippen MR) is 63.4 cm³/mol. The van der Waals surface area contributed by atoms with Gasteiger partial charge in [-0.25, -0.2) is 0 Å². The number of nitrogens with zero attached hydrogens (tertiary/aromatic N) is 3. The molecule has 1 aromatic rings. The van der Waals surface area contributed by atoms with Gasteiger partial charge in [0, 0.05) is 19.3 Å². The van der Waals surface area contributed by atoms with Gasteiger partial charge in [0.25, 0.3) is 5.91 Å². The molecule has 0 saturated carbocycles. The van der Waals surface area contributed by atoms with Crippen molar-refractivity contribution in [3.63, 3.8) is 0 Å². The highest BCUT2D eigenvalue weighted by atomic mass is 16.5. The van der Waals surface area contributed by atoms with E-state index in [0.29, 0.717) is 5.69 Å². The largest absolute Gasteiger partial charge is 0.454 e. The Morgan fingerprint density at radius 3 is 2.72 bits per heavy atom. The van der Waals surface area contributed by atoms with E-state index in [1.54, 1.807) is 4.90 Å². The van der Waals surface area contributed by atoms with Gasteiger partial charge in [-0.15, -0.1) is 0 Å². The highest BCUT2D eigenvalue weighted by Gasteiger charge is 2.19. The highest BCUT2D eigenvalue weighted by molar-refractivity contribution is 5.80. The Balaban J connectivity index is 1.72. The van der Waals surface area contributed by atoms with Crippen LogP contribution in [0.1, 0.15) is 12.8 Å². The van der Waals surface area contributed by atoms with E-state index in [-0.39, 0.29) is 19.1 Å². The lowest BCUT2D eigenvalue weighted by Gasteiger charge is -2.14. The van der Waals surface area contributed by atoms with Crippen LogP contribution in [0.2, 0.25) is 0 Å². The lowest BCUT2D eigenvalue weighted by molar-refractivity contribution is -0.152. The third kappa shape index (κ3) is 3.22. The zero-order valence-electron chi connectivity index (χ0n) is 10.0. The molecule has 0 aliphatic carbocycles. The first kappa shape index (κ1) is 12.4. The molecular formula is C11H16N4O3. The molecule has 0 bridgehead atoms. The molecule has 0 atom stereocenters. The van der Waals surface area contributed by atoms with Crippen LogP contribution >= 0.6 is 0 Å². The van der Waals surface area contributed by atoms with Crippen molar-refractivity contribution in [3.8, 4) is 0 Å². The summed E-state index contributed by atoms with van der Waals surface area (Å²) >= 11 is 0. The average molecular weight is 252 g/mol. The van der Waals surface area contributed by atoms with Crippen molar-refractivity contribution in [2.45, 2.75) is 19.4 Å². The number of rotatable bonds is 4. The zero-order chi connectivity index (χ0) is 13.0. The van der Waals surface area contributed by atoms with E-state index in [2.05, 4.69) is 5.10 Å². The molecule has 1 amide bonds. The van der Waals surface area contributed by atoms with E-state index in [0.717, 1.165) is 25.9 Å². The third-order valence-electron chi connectivity index (χ3n) is 2.76. The summed E-state index contributed by atoms with van der Waals surface area (Å²) in [6, 6.07) is 0. The number of amides is 1. The van der Waals surface area contributed by atoms with Gasteiger partial charge in [0.2, 0.25) is 0 Å². The van der Waals surface area contributed by atoms with Crippen LogP contribution < -0.4 is 5.73 Å². The number of nitrogen functional groups attached to an aromatic ring is 1. The van der Waals surface area contributed by atoms with E-state index in [1.165, 1.54) is 17.1 Å². The number of nitrogens with two attached hydrogens (primary N) is 1. The molecule has 7 nitrogen and oxygen atoms in total. The Kier molecular flexibility index (Phi) is 3.81. The summed E-state index contributed by atoms with van der Waals surface area (Å²) in [5.74, 6) is -0.633. The molecule has 2 N–H and O–H groups in total. The van der Waals surface area contributed by atoms with Gasteiger partial charge < -0.3 is 15.4 Å². The molecular weight excluding hydrogens is 236 g/mol. The summed E-state index contributed by atoms with van der Waals surface area (Å²) in [5, 5.41) is 3.86. The zero-order valence-corrected chi connectivity index (χ0v) is 10.0. The smallest absolute Gasteiger partial charge is 0.328 e. The lowest BCUT2D eigenvalue weighted by atomic mass is 10.4. The molecule has 7 heteroatoms. The summed E-state index contributed by atoms with van der Waals surface area (Å²) in [6.07, 6.45) is 5.02. The van der Waals surface area contributed by atoms with Crippen LogP contribution in [0.5, 0.6) is 0 Å². The number of ether oxygens (including phenoxy) is 1. The maximum Gasteiger partial charge on any atom is 0.328 e. The third-order valence-corrected chi connectivity index (χ3v) is 2.76. The van der Waals surface area contributed by atoms with Crippen LogP contribution in [0.3, 0.4) is 0 Å².